The van der Waals surface area contributed by atoms with Crippen molar-refractivity contribution in [3.05, 3.63) is 52.6 Å². The maximum absolute atomic E-state index is 12.8. The second-order valence-electron chi connectivity index (χ2n) is 6.69. The molecule has 1 N–H and O–H groups in total. The summed E-state index contributed by atoms with van der Waals surface area (Å²) in [5, 5.41) is 3.47. The summed E-state index contributed by atoms with van der Waals surface area (Å²) in [6, 6.07) is 9.56. The fraction of sp³-hybridized carbons (Fsp3) is 0.333. The summed E-state index contributed by atoms with van der Waals surface area (Å²) in [4.78, 5) is 17.4. The van der Waals surface area contributed by atoms with Crippen LogP contribution in [0.3, 0.4) is 0 Å². The number of benzene rings is 2. The molecule has 0 aliphatic carbocycles. The van der Waals surface area contributed by atoms with Crippen LogP contribution in [0, 0.1) is 13.8 Å². The molecule has 6 nitrogen and oxygen atoms in total. The highest BCUT2D eigenvalue weighted by Crippen LogP contribution is 2.39. The standard InChI is InChI=1S/C21H22N2O4S/c1-12-5-4-6-14(13(12)2)20(24)23-21-22-18-16(25-3)8-7-15(19(18)28-21)17-11-26-9-10-27-17/h4-8,17H,9-11H2,1-3H3,(H,22,23,24). The minimum absolute atomic E-state index is 0.148. The molecule has 0 radical (unpaired) electrons. The summed E-state index contributed by atoms with van der Waals surface area (Å²) >= 11 is 1.42. The van der Waals surface area contributed by atoms with E-state index in [2.05, 4.69) is 10.3 Å². The first-order valence-corrected chi connectivity index (χ1v) is 9.94. The highest BCUT2D eigenvalue weighted by molar-refractivity contribution is 7.22. The van der Waals surface area contributed by atoms with Crippen molar-refractivity contribution in [1.29, 1.82) is 0 Å². The molecule has 0 bridgehead atoms. The number of hydrogen-bond acceptors (Lipinski definition) is 6. The van der Waals surface area contributed by atoms with Crippen LogP contribution in [-0.4, -0.2) is 37.8 Å². The van der Waals surface area contributed by atoms with Crippen LogP contribution in [0.4, 0.5) is 5.13 Å². The Hall–Kier alpha value is -2.48. The number of amides is 1. The van der Waals surface area contributed by atoms with E-state index in [0.29, 0.717) is 36.3 Å². The van der Waals surface area contributed by atoms with Gasteiger partial charge in [-0.3, -0.25) is 10.1 Å². The molecule has 4 rings (SSSR count). The fourth-order valence-electron chi connectivity index (χ4n) is 3.30. The lowest BCUT2D eigenvalue weighted by Crippen LogP contribution is -2.21. The minimum atomic E-state index is -0.168. The topological polar surface area (TPSA) is 69.7 Å². The molecule has 1 amide bonds. The number of nitrogens with one attached hydrogen (secondary N) is 1. The molecule has 0 spiro atoms. The Labute approximate surface area is 167 Å². The van der Waals surface area contributed by atoms with Gasteiger partial charge in [0.2, 0.25) is 0 Å². The number of hydrogen-bond donors (Lipinski definition) is 1. The number of nitrogens with zero attached hydrogens (tertiary/aromatic N) is 1. The van der Waals surface area contributed by atoms with Crippen LogP contribution < -0.4 is 10.1 Å². The number of rotatable bonds is 4. The van der Waals surface area contributed by atoms with E-state index in [4.69, 9.17) is 14.2 Å². The molecule has 146 valence electrons. The van der Waals surface area contributed by atoms with E-state index in [9.17, 15) is 4.79 Å². The highest BCUT2D eigenvalue weighted by atomic mass is 32.1. The van der Waals surface area contributed by atoms with Crippen molar-refractivity contribution in [2.45, 2.75) is 20.0 Å². The summed E-state index contributed by atoms with van der Waals surface area (Å²) in [7, 11) is 1.61. The predicted octanol–water partition coefficient (Wildman–Crippen LogP) is 4.26. The van der Waals surface area contributed by atoms with Crippen LogP contribution in [0.1, 0.15) is 33.2 Å². The lowest BCUT2D eigenvalue weighted by Gasteiger charge is -2.23. The molecule has 1 aliphatic rings. The van der Waals surface area contributed by atoms with Gasteiger partial charge in [-0.1, -0.05) is 29.5 Å². The number of methoxy groups -OCH3 is 1. The monoisotopic (exact) mass is 398 g/mol. The summed E-state index contributed by atoms with van der Waals surface area (Å²) in [6.45, 7) is 5.61. The van der Waals surface area contributed by atoms with Gasteiger partial charge in [0.05, 0.1) is 31.6 Å². The van der Waals surface area contributed by atoms with Gasteiger partial charge in [-0.05, 0) is 37.1 Å². The average Bonchev–Trinajstić information content (AvgIpc) is 3.13. The average molecular weight is 398 g/mol. The molecule has 1 aromatic heterocycles. The van der Waals surface area contributed by atoms with Crippen LogP contribution in [0.2, 0.25) is 0 Å². The summed E-state index contributed by atoms with van der Waals surface area (Å²) in [5.41, 5.74) is 4.41. The fourth-order valence-corrected chi connectivity index (χ4v) is 4.34. The molecule has 2 aromatic carbocycles. The second kappa shape index (κ2) is 7.87. The SMILES string of the molecule is COc1ccc(C2COCCO2)c2sc(NC(=O)c3cccc(C)c3C)nc12. The number of ether oxygens (including phenoxy) is 3. The van der Waals surface area contributed by atoms with Gasteiger partial charge in [0.1, 0.15) is 17.4 Å². The minimum Gasteiger partial charge on any atom is -0.494 e. The van der Waals surface area contributed by atoms with E-state index in [0.717, 1.165) is 26.9 Å². The van der Waals surface area contributed by atoms with Gasteiger partial charge < -0.3 is 14.2 Å². The zero-order chi connectivity index (χ0) is 19.7. The van der Waals surface area contributed by atoms with Crippen molar-refractivity contribution in [2.24, 2.45) is 0 Å². The molecule has 1 atom stereocenters. The summed E-state index contributed by atoms with van der Waals surface area (Å²) in [6.07, 6.45) is -0.148. The third-order valence-electron chi connectivity index (χ3n) is 4.99. The van der Waals surface area contributed by atoms with E-state index >= 15 is 0 Å². The molecular formula is C21H22N2O4S. The molecule has 0 saturated carbocycles. The van der Waals surface area contributed by atoms with E-state index in [-0.39, 0.29) is 12.0 Å². The van der Waals surface area contributed by atoms with Crippen molar-refractivity contribution in [2.75, 3.05) is 32.2 Å². The Morgan fingerprint density at radius 3 is 2.86 bits per heavy atom. The van der Waals surface area contributed by atoms with Crippen LogP contribution in [0.5, 0.6) is 5.75 Å². The van der Waals surface area contributed by atoms with Crippen molar-refractivity contribution >= 4 is 32.6 Å². The van der Waals surface area contributed by atoms with Gasteiger partial charge in [-0.2, -0.15) is 0 Å². The van der Waals surface area contributed by atoms with Gasteiger partial charge in [0.15, 0.2) is 5.13 Å². The first-order chi connectivity index (χ1) is 13.6. The first kappa shape index (κ1) is 18.9. The Morgan fingerprint density at radius 2 is 2.11 bits per heavy atom. The number of fused-ring (bicyclic) bond motifs is 1. The molecule has 1 unspecified atom stereocenters. The lowest BCUT2D eigenvalue weighted by atomic mass is 10.0. The van der Waals surface area contributed by atoms with E-state index in [1.807, 2.05) is 44.2 Å². The third kappa shape index (κ3) is 3.48. The number of carbonyl (C=O) groups is 1. The largest absolute Gasteiger partial charge is 0.494 e. The second-order valence-corrected chi connectivity index (χ2v) is 7.69. The number of anilines is 1. The Balaban J connectivity index is 1.70. The first-order valence-electron chi connectivity index (χ1n) is 9.13. The molecule has 1 saturated heterocycles. The number of aromatic nitrogens is 1. The number of thiazole rings is 1. The molecule has 1 fully saturated rings. The number of carbonyl (C=O) groups excluding carboxylic acids is 1. The Kier molecular flexibility index (Phi) is 5.30. The molecular weight excluding hydrogens is 376 g/mol. The Bertz CT molecular complexity index is 1020. The molecule has 3 aromatic rings. The summed E-state index contributed by atoms with van der Waals surface area (Å²) in [5.74, 6) is 0.497. The van der Waals surface area contributed by atoms with Crippen molar-refractivity contribution in [1.82, 2.24) is 4.98 Å². The quantitative estimate of drug-likeness (QED) is 0.711. The smallest absolute Gasteiger partial charge is 0.257 e. The van der Waals surface area contributed by atoms with E-state index in [1.54, 1.807) is 7.11 Å². The van der Waals surface area contributed by atoms with Gasteiger partial charge in [0.25, 0.3) is 5.91 Å². The van der Waals surface area contributed by atoms with E-state index in [1.165, 1.54) is 11.3 Å². The normalized spacial score (nSPS) is 16.9. The van der Waals surface area contributed by atoms with Crippen LogP contribution >= 0.6 is 11.3 Å². The molecule has 1 aliphatic heterocycles. The molecule has 2 heterocycles. The van der Waals surface area contributed by atoms with Crippen LogP contribution in [-0.2, 0) is 9.47 Å². The maximum atomic E-state index is 12.8. The van der Waals surface area contributed by atoms with Gasteiger partial charge in [0, 0.05) is 11.1 Å². The Morgan fingerprint density at radius 1 is 1.25 bits per heavy atom. The van der Waals surface area contributed by atoms with E-state index < -0.39 is 0 Å². The molecule has 7 heteroatoms. The van der Waals surface area contributed by atoms with Crippen LogP contribution in [0.25, 0.3) is 10.2 Å². The predicted molar refractivity (Wildman–Crippen MR) is 110 cm³/mol. The van der Waals surface area contributed by atoms with Gasteiger partial charge in [-0.15, -0.1) is 0 Å². The zero-order valence-electron chi connectivity index (χ0n) is 16.1. The van der Waals surface area contributed by atoms with Gasteiger partial charge in [-0.25, -0.2) is 4.98 Å². The van der Waals surface area contributed by atoms with Crippen molar-refractivity contribution in [3.8, 4) is 5.75 Å². The van der Waals surface area contributed by atoms with Crippen molar-refractivity contribution < 1.29 is 19.0 Å². The van der Waals surface area contributed by atoms with Crippen molar-refractivity contribution in [3.63, 3.8) is 0 Å². The maximum Gasteiger partial charge on any atom is 0.257 e. The molecule has 28 heavy (non-hydrogen) atoms. The van der Waals surface area contributed by atoms with Crippen LogP contribution in [0.15, 0.2) is 30.3 Å². The highest BCUT2D eigenvalue weighted by Gasteiger charge is 2.23. The zero-order valence-corrected chi connectivity index (χ0v) is 16.9. The third-order valence-corrected chi connectivity index (χ3v) is 6.01. The van der Waals surface area contributed by atoms with Gasteiger partial charge >= 0.3 is 0 Å². The lowest BCUT2D eigenvalue weighted by molar-refractivity contribution is -0.0895. The summed E-state index contributed by atoms with van der Waals surface area (Å²) < 4.78 is 17.8. The number of aryl methyl sites for hydroxylation is 1.